The Labute approximate surface area is 165 Å². The van der Waals surface area contributed by atoms with Crippen LogP contribution in [-0.2, 0) is 4.79 Å². The molecule has 0 unspecified atom stereocenters. The zero-order valence-electron chi connectivity index (χ0n) is 16.1. The van der Waals surface area contributed by atoms with Crippen molar-refractivity contribution in [1.82, 2.24) is 10.2 Å². The molecule has 2 aromatic carbocycles. The molecule has 2 atom stereocenters. The first-order chi connectivity index (χ1) is 13.8. The standard InChI is InChI=1S/C22H26N2O4/c1-26-18-9-3-2-8-16(18)17(24-12-6-7-13-24)14-23-22(25)21-15-27-19-10-4-5-11-20(19)28-21/h2-5,8-11,17,21H,6-7,12-15H2,1H3,(H,23,25)/t17-,21-/m0/s1. The smallest absolute Gasteiger partial charge is 0.264 e. The van der Waals surface area contributed by atoms with Crippen molar-refractivity contribution in [3.8, 4) is 17.2 Å². The molecule has 6 heteroatoms. The van der Waals surface area contributed by atoms with Gasteiger partial charge in [-0.2, -0.15) is 0 Å². The molecule has 6 nitrogen and oxygen atoms in total. The zero-order valence-corrected chi connectivity index (χ0v) is 16.1. The number of likely N-dealkylation sites (tertiary alicyclic amines) is 1. The molecular weight excluding hydrogens is 356 g/mol. The van der Waals surface area contributed by atoms with Gasteiger partial charge >= 0.3 is 0 Å². The number of fused-ring (bicyclic) bond motifs is 1. The molecule has 2 heterocycles. The van der Waals surface area contributed by atoms with Crippen molar-refractivity contribution in [2.75, 3.05) is 33.4 Å². The van der Waals surface area contributed by atoms with Gasteiger partial charge in [-0.05, 0) is 44.1 Å². The maximum absolute atomic E-state index is 12.7. The minimum Gasteiger partial charge on any atom is -0.496 e. The minimum atomic E-state index is -0.646. The number of carbonyl (C=O) groups excluding carboxylic acids is 1. The molecule has 1 saturated heterocycles. The molecule has 4 rings (SSSR count). The van der Waals surface area contributed by atoms with Gasteiger partial charge in [0.05, 0.1) is 13.2 Å². The fourth-order valence-electron chi connectivity index (χ4n) is 3.89. The van der Waals surface area contributed by atoms with Crippen LogP contribution in [0.4, 0.5) is 0 Å². The van der Waals surface area contributed by atoms with Crippen LogP contribution in [0.15, 0.2) is 48.5 Å². The van der Waals surface area contributed by atoms with Gasteiger partial charge < -0.3 is 19.5 Å². The number of amides is 1. The van der Waals surface area contributed by atoms with Crippen molar-refractivity contribution < 1.29 is 19.0 Å². The van der Waals surface area contributed by atoms with E-state index < -0.39 is 6.10 Å². The highest BCUT2D eigenvalue weighted by molar-refractivity contribution is 5.81. The third kappa shape index (κ3) is 3.92. The summed E-state index contributed by atoms with van der Waals surface area (Å²) in [6.07, 6.45) is 1.71. The van der Waals surface area contributed by atoms with Gasteiger partial charge in [0.1, 0.15) is 12.4 Å². The molecular formula is C22H26N2O4. The second-order valence-electron chi connectivity index (χ2n) is 7.11. The molecule has 0 radical (unpaired) electrons. The number of nitrogens with zero attached hydrogens (tertiary/aromatic N) is 1. The first-order valence-corrected chi connectivity index (χ1v) is 9.79. The van der Waals surface area contributed by atoms with Crippen molar-refractivity contribution in [3.63, 3.8) is 0 Å². The van der Waals surface area contributed by atoms with E-state index in [1.807, 2.05) is 42.5 Å². The SMILES string of the molecule is COc1ccccc1[C@H](CNC(=O)[C@@H]1COc2ccccc2O1)N1CCCC1. The number of ether oxygens (including phenoxy) is 3. The first-order valence-electron chi connectivity index (χ1n) is 9.79. The topological polar surface area (TPSA) is 60.0 Å². The van der Waals surface area contributed by atoms with Gasteiger partial charge in [-0.15, -0.1) is 0 Å². The maximum Gasteiger partial charge on any atom is 0.264 e. The number of benzene rings is 2. The van der Waals surface area contributed by atoms with Crippen LogP contribution in [0.5, 0.6) is 17.2 Å². The molecule has 2 aromatic rings. The lowest BCUT2D eigenvalue weighted by Gasteiger charge is -2.30. The lowest BCUT2D eigenvalue weighted by atomic mass is 10.0. The van der Waals surface area contributed by atoms with Crippen LogP contribution in [0, 0.1) is 0 Å². The number of methoxy groups -OCH3 is 1. The average Bonchev–Trinajstić information content (AvgIpc) is 3.28. The summed E-state index contributed by atoms with van der Waals surface area (Å²) in [6, 6.07) is 15.5. The highest BCUT2D eigenvalue weighted by Crippen LogP contribution is 2.32. The molecule has 0 saturated carbocycles. The highest BCUT2D eigenvalue weighted by atomic mass is 16.6. The molecule has 1 N–H and O–H groups in total. The van der Waals surface area contributed by atoms with Crippen molar-refractivity contribution in [1.29, 1.82) is 0 Å². The number of para-hydroxylation sites is 3. The lowest BCUT2D eigenvalue weighted by molar-refractivity contribution is -0.130. The number of nitrogens with one attached hydrogen (secondary N) is 1. The van der Waals surface area contributed by atoms with Gasteiger partial charge in [-0.3, -0.25) is 9.69 Å². The molecule has 2 aliphatic heterocycles. The third-order valence-corrected chi connectivity index (χ3v) is 5.35. The Morgan fingerprint density at radius 3 is 2.64 bits per heavy atom. The molecule has 0 bridgehead atoms. The van der Waals surface area contributed by atoms with E-state index in [1.54, 1.807) is 7.11 Å². The van der Waals surface area contributed by atoms with E-state index in [9.17, 15) is 4.79 Å². The molecule has 0 aliphatic carbocycles. The monoisotopic (exact) mass is 382 g/mol. The average molecular weight is 382 g/mol. The zero-order chi connectivity index (χ0) is 19.3. The van der Waals surface area contributed by atoms with Crippen molar-refractivity contribution >= 4 is 5.91 Å². The summed E-state index contributed by atoms with van der Waals surface area (Å²) in [5.41, 5.74) is 1.10. The van der Waals surface area contributed by atoms with E-state index in [0.717, 1.165) is 24.4 Å². The van der Waals surface area contributed by atoms with E-state index in [0.29, 0.717) is 18.0 Å². The summed E-state index contributed by atoms with van der Waals surface area (Å²) < 4.78 is 17.1. The molecule has 0 aromatic heterocycles. The van der Waals surface area contributed by atoms with Gasteiger partial charge in [0.2, 0.25) is 6.10 Å². The highest BCUT2D eigenvalue weighted by Gasteiger charge is 2.30. The fraction of sp³-hybridized carbons (Fsp3) is 0.409. The Balaban J connectivity index is 1.45. The summed E-state index contributed by atoms with van der Waals surface area (Å²) >= 11 is 0. The molecule has 1 amide bonds. The maximum atomic E-state index is 12.7. The normalized spacial score (nSPS) is 19.8. The Hall–Kier alpha value is -2.73. The van der Waals surface area contributed by atoms with Crippen LogP contribution in [0.25, 0.3) is 0 Å². The number of hydrogen-bond acceptors (Lipinski definition) is 5. The first kappa shape index (κ1) is 18.6. The Morgan fingerprint density at radius 1 is 1.14 bits per heavy atom. The van der Waals surface area contributed by atoms with Crippen LogP contribution in [0.2, 0.25) is 0 Å². The number of carbonyl (C=O) groups is 1. The summed E-state index contributed by atoms with van der Waals surface area (Å²) in [5, 5.41) is 3.07. The lowest BCUT2D eigenvalue weighted by Crippen LogP contribution is -2.46. The van der Waals surface area contributed by atoms with Crippen molar-refractivity contribution in [3.05, 3.63) is 54.1 Å². The molecule has 28 heavy (non-hydrogen) atoms. The molecule has 1 fully saturated rings. The van der Waals surface area contributed by atoms with E-state index in [4.69, 9.17) is 14.2 Å². The van der Waals surface area contributed by atoms with Crippen LogP contribution >= 0.6 is 0 Å². The summed E-state index contributed by atoms with van der Waals surface area (Å²) in [6.45, 7) is 2.76. The largest absolute Gasteiger partial charge is 0.496 e. The van der Waals surface area contributed by atoms with Gasteiger partial charge in [0, 0.05) is 12.1 Å². The second kappa shape index (κ2) is 8.52. The van der Waals surface area contributed by atoms with Crippen LogP contribution in [0.1, 0.15) is 24.4 Å². The summed E-state index contributed by atoms with van der Waals surface area (Å²) in [4.78, 5) is 15.2. The third-order valence-electron chi connectivity index (χ3n) is 5.35. The fourth-order valence-corrected chi connectivity index (χ4v) is 3.89. The minimum absolute atomic E-state index is 0.0689. The van der Waals surface area contributed by atoms with Gasteiger partial charge in [-0.25, -0.2) is 0 Å². The van der Waals surface area contributed by atoms with E-state index in [-0.39, 0.29) is 18.6 Å². The Bertz CT molecular complexity index is 820. The van der Waals surface area contributed by atoms with Crippen molar-refractivity contribution in [2.24, 2.45) is 0 Å². The van der Waals surface area contributed by atoms with Gasteiger partial charge in [0.25, 0.3) is 5.91 Å². The van der Waals surface area contributed by atoms with E-state index in [1.165, 1.54) is 12.8 Å². The summed E-state index contributed by atoms with van der Waals surface area (Å²) in [7, 11) is 1.68. The molecule has 2 aliphatic rings. The van der Waals surface area contributed by atoms with Gasteiger partial charge in [-0.1, -0.05) is 30.3 Å². The Kier molecular flexibility index (Phi) is 5.67. The van der Waals surface area contributed by atoms with Crippen LogP contribution < -0.4 is 19.5 Å². The van der Waals surface area contributed by atoms with Crippen molar-refractivity contribution in [2.45, 2.75) is 25.0 Å². The van der Waals surface area contributed by atoms with E-state index in [2.05, 4.69) is 16.3 Å². The quantitative estimate of drug-likeness (QED) is 0.833. The Morgan fingerprint density at radius 2 is 1.86 bits per heavy atom. The number of hydrogen-bond donors (Lipinski definition) is 1. The van der Waals surface area contributed by atoms with E-state index >= 15 is 0 Å². The second-order valence-corrected chi connectivity index (χ2v) is 7.11. The molecule has 148 valence electrons. The molecule has 0 spiro atoms. The number of rotatable bonds is 6. The van der Waals surface area contributed by atoms with Crippen LogP contribution in [0.3, 0.4) is 0 Å². The summed E-state index contributed by atoms with van der Waals surface area (Å²) in [5.74, 6) is 1.97. The van der Waals surface area contributed by atoms with Crippen LogP contribution in [-0.4, -0.2) is 50.3 Å². The van der Waals surface area contributed by atoms with Gasteiger partial charge in [0.15, 0.2) is 11.5 Å². The predicted octanol–water partition coefficient (Wildman–Crippen LogP) is 2.79. The predicted molar refractivity (Wildman–Crippen MR) is 106 cm³/mol.